The van der Waals surface area contributed by atoms with Gasteiger partial charge >= 0.3 is 5.97 Å². The van der Waals surface area contributed by atoms with E-state index in [-0.39, 0.29) is 24.6 Å². The first-order valence-corrected chi connectivity index (χ1v) is 5.66. The van der Waals surface area contributed by atoms with Crippen molar-refractivity contribution in [1.29, 1.82) is 0 Å². The Hall–Kier alpha value is -1.07. The van der Waals surface area contributed by atoms with Crippen LogP contribution in [0.2, 0.25) is 0 Å². The number of halogens is 1. The maximum atomic E-state index is 10.7. The summed E-state index contributed by atoms with van der Waals surface area (Å²) in [6.07, 6.45) is -0.0820. The smallest absolute Gasteiger partial charge is 0.304 e. The van der Waals surface area contributed by atoms with Gasteiger partial charge in [0, 0.05) is 16.0 Å². The molecule has 0 heterocycles. The van der Waals surface area contributed by atoms with Gasteiger partial charge in [0.25, 0.3) is 0 Å². The lowest BCUT2D eigenvalue weighted by atomic mass is 9.91. The molecule has 4 nitrogen and oxygen atoms in total. The molecular weight excluding hydrogens is 274 g/mol. The van der Waals surface area contributed by atoms with Crippen molar-refractivity contribution in [1.82, 2.24) is 0 Å². The summed E-state index contributed by atoms with van der Waals surface area (Å²) in [5.74, 6) is -1.19. The Bertz CT molecular complexity index is 406. The zero-order valence-electron chi connectivity index (χ0n) is 8.90. The van der Waals surface area contributed by atoms with Crippen molar-refractivity contribution in [2.45, 2.75) is 19.3 Å². The van der Waals surface area contributed by atoms with Crippen LogP contribution in [0, 0.1) is 6.92 Å². The van der Waals surface area contributed by atoms with Gasteiger partial charge in [-0.25, -0.2) is 0 Å². The summed E-state index contributed by atoms with van der Waals surface area (Å²) in [5, 5.41) is 18.5. The van der Waals surface area contributed by atoms with Crippen molar-refractivity contribution in [2.24, 2.45) is 5.73 Å². The third-order valence-electron chi connectivity index (χ3n) is 2.54. The Balaban J connectivity index is 3.18. The van der Waals surface area contributed by atoms with E-state index in [0.29, 0.717) is 5.56 Å². The minimum absolute atomic E-state index is 0.0820. The molecule has 0 amide bonds. The SMILES string of the molecule is Cc1c(Br)ccc(O)c1C(CN)CC(=O)O. The van der Waals surface area contributed by atoms with Crippen molar-refractivity contribution < 1.29 is 15.0 Å². The first kappa shape index (κ1) is 13.0. The van der Waals surface area contributed by atoms with Gasteiger partial charge in [0.15, 0.2) is 0 Å². The number of phenolic OH excluding ortho intramolecular Hbond substituents is 1. The van der Waals surface area contributed by atoms with Crippen LogP contribution in [-0.2, 0) is 4.79 Å². The van der Waals surface area contributed by atoms with Crippen molar-refractivity contribution in [3.05, 3.63) is 27.7 Å². The summed E-state index contributed by atoms with van der Waals surface area (Å²) in [6, 6.07) is 3.26. The van der Waals surface area contributed by atoms with E-state index in [1.807, 2.05) is 6.92 Å². The molecule has 0 aliphatic heterocycles. The molecule has 1 rings (SSSR count). The van der Waals surface area contributed by atoms with Crippen LogP contribution in [0.5, 0.6) is 5.75 Å². The standard InChI is InChI=1S/C11H14BrNO3/c1-6-8(12)2-3-9(14)11(6)7(5-13)4-10(15)16/h2-3,7,14H,4-5,13H2,1H3,(H,15,16). The Kier molecular flexibility index (Phi) is 4.32. The summed E-state index contributed by atoms with van der Waals surface area (Å²) < 4.78 is 0.837. The van der Waals surface area contributed by atoms with E-state index in [4.69, 9.17) is 10.8 Å². The van der Waals surface area contributed by atoms with Crippen LogP contribution in [0.15, 0.2) is 16.6 Å². The van der Waals surface area contributed by atoms with E-state index in [9.17, 15) is 9.90 Å². The molecule has 0 saturated heterocycles. The fourth-order valence-corrected chi connectivity index (χ4v) is 2.06. The number of hydrogen-bond acceptors (Lipinski definition) is 3. The van der Waals surface area contributed by atoms with Crippen molar-refractivity contribution >= 4 is 21.9 Å². The van der Waals surface area contributed by atoms with Gasteiger partial charge in [0.1, 0.15) is 5.75 Å². The summed E-state index contributed by atoms with van der Waals surface area (Å²) in [7, 11) is 0. The number of aromatic hydroxyl groups is 1. The molecular formula is C11H14BrNO3. The maximum absolute atomic E-state index is 10.7. The lowest BCUT2D eigenvalue weighted by Crippen LogP contribution is -2.17. The predicted octanol–water partition coefficient (Wildman–Crippen LogP) is 1.98. The van der Waals surface area contributed by atoms with Gasteiger partial charge in [-0.05, 0) is 31.2 Å². The Morgan fingerprint density at radius 3 is 2.69 bits per heavy atom. The number of benzene rings is 1. The number of carbonyl (C=O) groups is 1. The molecule has 1 atom stereocenters. The molecule has 4 N–H and O–H groups in total. The number of carboxylic acid groups (broad SMARTS) is 1. The molecule has 1 aromatic carbocycles. The summed E-state index contributed by atoms with van der Waals surface area (Å²) in [6.45, 7) is 2.01. The summed E-state index contributed by atoms with van der Waals surface area (Å²) >= 11 is 3.34. The van der Waals surface area contributed by atoms with Crippen molar-refractivity contribution in [3.63, 3.8) is 0 Å². The van der Waals surface area contributed by atoms with E-state index in [1.54, 1.807) is 6.07 Å². The van der Waals surface area contributed by atoms with Crippen molar-refractivity contribution in [3.8, 4) is 5.75 Å². The quantitative estimate of drug-likeness (QED) is 0.791. The number of nitrogens with two attached hydrogens (primary N) is 1. The van der Waals surface area contributed by atoms with E-state index in [1.165, 1.54) is 6.07 Å². The van der Waals surface area contributed by atoms with Crippen LogP contribution in [0.4, 0.5) is 0 Å². The molecule has 1 unspecified atom stereocenters. The molecule has 0 bridgehead atoms. The third kappa shape index (κ3) is 2.74. The highest BCUT2D eigenvalue weighted by atomic mass is 79.9. The van der Waals surface area contributed by atoms with E-state index < -0.39 is 5.97 Å². The van der Waals surface area contributed by atoms with E-state index in [0.717, 1.165) is 10.0 Å². The molecule has 0 saturated carbocycles. The third-order valence-corrected chi connectivity index (χ3v) is 3.40. The molecule has 1 aromatic rings. The molecule has 0 aliphatic carbocycles. The first-order chi connectivity index (χ1) is 7.47. The van der Waals surface area contributed by atoms with Gasteiger partial charge < -0.3 is 15.9 Å². The van der Waals surface area contributed by atoms with Gasteiger partial charge in [-0.15, -0.1) is 0 Å². The molecule has 0 spiro atoms. The summed E-state index contributed by atoms with van der Waals surface area (Å²) in [4.78, 5) is 10.7. The van der Waals surface area contributed by atoms with E-state index in [2.05, 4.69) is 15.9 Å². The Labute approximate surface area is 102 Å². The lowest BCUT2D eigenvalue weighted by Gasteiger charge is -2.18. The number of phenols is 1. The average Bonchev–Trinajstić information content (AvgIpc) is 2.22. The number of rotatable bonds is 4. The van der Waals surface area contributed by atoms with Crippen LogP contribution >= 0.6 is 15.9 Å². The second kappa shape index (κ2) is 5.32. The molecule has 0 aliphatic rings. The van der Waals surface area contributed by atoms with Gasteiger partial charge in [-0.3, -0.25) is 4.79 Å². The van der Waals surface area contributed by atoms with E-state index >= 15 is 0 Å². The van der Waals surface area contributed by atoms with Gasteiger partial charge in [-0.1, -0.05) is 15.9 Å². The average molecular weight is 288 g/mol. The lowest BCUT2D eigenvalue weighted by molar-refractivity contribution is -0.137. The van der Waals surface area contributed by atoms with Gasteiger partial charge in [0.05, 0.1) is 6.42 Å². The normalized spacial score (nSPS) is 12.4. The molecule has 0 fully saturated rings. The largest absolute Gasteiger partial charge is 0.508 e. The minimum atomic E-state index is -0.922. The predicted molar refractivity (Wildman–Crippen MR) is 64.6 cm³/mol. The number of aliphatic carboxylic acids is 1. The topological polar surface area (TPSA) is 83.5 Å². The maximum Gasteiger partial charge on any atom is 0.304 e. The number of carboxylic acids is 1. The fraction of sp³-hybridized carbons (Fsp3) is 0.364. The van der Waals surface area contributed by atoms with Crippen LogP contribution in [0.1, 0.15) is 23.5 Å². The monoisotopic (exact) mass is 287 g/mol. The molecule has 16 heavy (non-hydrogen) atoms. The molecule has 0 aromatic heterocycles. The fourth-order valence-electron chi connectivity index (χ4n) is 1.72. The van der Waals surface area contributed by atoms with Crippen molar-refractivity contribution in [2.75, 3.05) is 6.54 Å². The highest BCUT2D eigenvalue weighted by Crippen LogP contribution is 2.34. The van der Waals surface area contributed by atoms with Gasteiger partial charge in [0.2, 0.25) is 0 Å². The molecule has 5 heteroatoms. The van der Waals surface area contributed by atoms with Crippen LogP contribution in [0.25, 0.3) is 0 Å². The molecule has 88 valence electrons. The minimum Gasteiger partial charge on any atom is -0.508 e. The first-order valence-electron chi connectivity index (χ1n) is 4.87. The number of hydrogen-bond donors (Lipinski definition) is 3. The molecule has 0 radical (unpaired) electrons. The zero-order valence-corrected chi connectivity index (χ0v) is 10.5. The Morgan fingerprint density at radius 2 is 2.19 bits per heavy atom. The Morgan fingerprint density at radius 1 is 1.56 bits per heavy atom. The van der Waals surface area contributed by atoms with Gasteiger partial charge in [-0.2, -0.15) is 0 Å². The van der Waals surface area contributed by atoms with Crippen LogP contribution in [0.3, 0.4) is 0 Å². The summed E-state index contributed by atoms with van der Waals surface area (Å²) in [5.41, 5.74) is 6.99. The second-order valence-corrected chi connectivity index (χ2v) is 4.49. The highest BCUT2D eigenvalue weighted by Gasteiger charge is 2.20. The van der Waals surface area contributed by atoms with Crippen LogP contribution < -0.4 is 5.73 Å². The highest BCUT2D eigenvalue weighted by molar-refractivity contribution is 9.10. The second-order valence-electron chi connectivity index (χ2n) is 3.64. The zero-order chi connectivity index (χ0) is 12.3. The van der Waals surface area contributed by atoms with Crippen LogP contribution in [-0.4, -0.2) is 22.7 Å².